The molecule has 0 aliphatic rings. The number of nitrogens with zero attached hydrogens (tertiary/aromatic N) is 2. The standard InChI is InChI=1S/C11H19N3O/c1-5-8(2)11(15)13-9(3)10-6-12-14(4)7-10/h6-9H,5H2,1-4H3,(H,13,15)/t8-,9+/m0/s1. The van der Waals surface area contributed by atoms with Gasteiger partial charge in [0.25, 0.3) is 0 Å². The van der Waals surface area contributed by atoms with Crippen LogP contribution in [0.3, 0.4) is 0 Å². The normalized spacial score (nSPS) is 14.7. The number of amides is 1. The van der Waals surface area contributed by atoms with Gasteiger partial charge in [-0.3, -0.25) is 9.48 Å². The van der Waals surface area contributed by atoms with Crippen molar-refractivity contribution in [3.63, 3.8) is 0 Å². The number of carbonyl (C=O) groups excluding carboxylic acids is 1. The third-order valence-corrected chi connectivity index (χ3v) is 2.64. The molecule has 0 saturated heterocycles. The van der Waals surface area contributed by atoms with Crippen molar-refractivity contribution < 1.29 is 4.79 Å². The molecule has 0 unspecified atom stereocenters. The summed E-state index contributed by atoms with van der Waals surface area (Å²) in [7, 11) is 1.87. The fraction of sp³-hybridized carbons (Fsp3) is 0.636. The van der Waals surface area contributed by atoms with E-state index < -0.39 is 0 Å². The largest absolute Gasteiger partial charge is 0.349 e. The second-order valence-corrected chi connectivity index (χ2v) is 3.99. The molecule has 1 heterocycles. The maximum absolute atomic E-state index is 11.6. The lowest BCUT2D eigenvalue weighted by Crippen LogP contribution is -2.31. The number of hydrogen-bond donors (Lipinski definition) is 1. The number of rotatable bonds is 4. The fourth-order valence-corrected chi connectivity index (χ4v) is 1.29. The van der Waals surface area contributed by atoms with Gasteiger partial charge in [0.2, 0.25) is 5.91 Å². The van der Waals surface area contributed by atoms with Gasteiger partial charge >= 0.3 is 0 Å². The van der Waals surface area contributed by atoms with Gasteiger partial charge in [-0.05, 0) is 13.3 Å². The highest BCUT2D eigenvalue weighted by Crippen LogP contribution is 2.11. The highest BCUT2D eigenvalue weighted by atomic mass is 16.1. The summed E-state index contributed by atoms with van der Waals surface area (Å²) < 4.78 is 1.74. The van der Waals surface area contributed by atoms with Crippen LogP contribution in [0.2, 0.25) is 0 Å². The average Bonchev–Trinajstić information content (AvgIpc) is 2.63. The smallest absolute Gasteiger partial charge is 0.223 e. The summed E-state index contributed by atoms with van der Waals surface area (Å²) >= 11 is 0. The SMILES string of the molecule is CC[C@H](C)C(=O)N[C@H](C)c1cnn(C)c1. The molecule has 0 spiro atoms. The van der Waals surface area contributed by atoms with Gasteiger partial charge in [0.15, 0.2) is 0 Å². The topological polar surface area (TPSA) is 46.9 Å². The molecular weight excluding hydrogens is 190 g/mol. The molecule has 1 aromatic heterocycles. The van der Waals surface area contributed by atoms with Crippen LogP contribution in [0.4, 0.5) is 0 Å². The molecule has 4 nitrogen and oxygen atoms in total. The summed E-state index contributed by atoms with van der Waals surface area (Å²) in [6.07, 6.45) is 4.56. The van der Waals surface area contributed by atoms with E-state index >= 15 is 0 Å². The number of carbonyl (C=O) groups is 1. The van der Waals surface area contributed by atoms with E-state index in [9.17, 15) is 4.79 Å². The monoisotopic (exact) mass is 209 g/mol. The lowest BCUT2D eigenvalue weighted by molar-refractivity contribution is -0.125. The van der Waals surface area contributed by atoms with E-state index in [2.05, 4.69) is 10.4 Å². The molecule has 1 N–H and O–H groups in total. The number of nitrogens with one attached hydrogen (secondary N) is 1. The zero-order chi connectivity index (χ0) is 11.4. The lowest BCUT2D eigenvalue weighted by Gasteiger charge is -2.15. The molecule has 0 aliphatic carbocycles. The van der Waals surface area contributed by atoms with Gasteiger partial charge in [-0.1, -0.05) is 13.8 Å². The van der Waals surface area contributed by atoms with Crippen molar-refractivity contribution in [3.8, 4) is 0 Å². The van der Waals surface area contributed by atoms with Gasteiger partial charge in [-0.15, -0.1) is 0 Å². The average molecular weight is 209 g/mol. The van der Waals surface area contributed by atoms with Crippen molar-refractivity contribution in [1.29, 1.82) is 0 Å². The van der Waals surface area contributed by atoms with Crippen molar-refractivity contribution in [2.45, 2.75) is 33.2 Å². The van der Waals surface area contributed by atoms with Crippen LogP contribution in [-0.4, -0.2) is 15.7 Å². The quantitative estimate of drug-likeness (QED) is 0.819. The Balaban J connectivity index is 2.56. The Morgan fingerprint density at radius 3 is 2.73 bits per heavy atom. The zero-order valence-electron chi connectivity index (χ0n) is 9.82. The molecule has 0 saturated carbocycles. The van der Waals surface area contributed by atoms with Crippen LogP contribution in [0, 0.1) is 5.92 Å². The summed E-state index contributed by atoms with van der Waals surface area (Å²) in [5.74, 6) is 0.179. The molecule has 0 aromatic carbocycles. The first-order valence-electron chi connectivity index (χ1n) is 5.33. The van der Waals surface area contributed by atoms with Crippen LogP contribution >= 0.6 is 0 Å². The van der Waals surface area contributed by atoms with Gasteiger partial charge in [0, 0.05) is 24.7 Å². The van der Waals surface area contributed by atoms with E-state index in [4.69, 9.17) is 0 Å². The Labute approximate surface area is 90.7 Å². The molecule has 1 amide bonds. The van der Waals surface area contributed by atoms with Gasteiger partial charge in [0.05, 0.1) is 12.2 Å². The maximum Gasteiger partial charge on any atom is 0.223 e. The molecule has 1 rings (SSSR count). The van der Waals surface area contributed by atoms with Crippen molar-refractivity contribution in [3.05, 3.63) is 18.0 Å². The van der Waals surface area contributed by atoms with Crippen LogP contribution in [0.25, 0.3) is 0 Å². The van der Waals surface area contributed by atoms with Crippen LogP contribution < -0.4 is 5.32 Å². The highest BCUT2D eigenvalue weighted by molar-refractivity contribution is 5.78. The van der Waals surface area contributed by atoms with E-state index in [1.807, 2.05) is 34.0 Å². The van der Waals surface area contributed by atoms with Gasteiger partial charge in [-0.2, -0.15) is 5.10 Å². The Hall–Kier alpha value is -1.32. The Morgan fingerprint density at radius 2 is 2.27 bits per heavy atom. The van der Waals surface area contributed by atoms with Crippen molar-refractivity contribution in [2.24, 2.45) is 13.0 Å². The second-order valence-electron chi connectivity index (χ2n) is 3.99. The second kappa shape index (κ2) is 4.96. The molecule has 0 radical (unpaired) electrons. The van der Waals surface area contributed by atoms with Gasteiger partial charge in [0.1, 0.15) is 0 Å². The predicted molar refractivity (Wildman–Crippen MR) is 59.2 cm³/mol. The summed E-state index contributed by atoms with van der Waals surface area (Å²) in [5, 5.41) is 7.04. The first-order valence-corrected chi connectivity index (χ1v) is 5.33. The zero-order valence-corrected chi connectivity index (χ0v) is 9.82. The Morgan fingerprint density at radius 1 is 1.60 bits per heavy atom. The first-order chi connectivity index (χ1) is 7.04. The molecule has 1 aromatic rings. The molecule has 2 atom stereocenters. The van der Waals surface area contributed by atoms with E-state index in [-0.39, 0.29) is 17.9 Å². The highest BCUT2D eigenvalue weighted by Gasteiger charge is 2.15. The summed E-state index contributed by atoms with van der Waals surface area (Å²) in [6, 6.07) is 0.0280. The lowest BCUT2D eigenvalue weighted by atomic mass is 10.1. The predicted octanol–water partition coefficient (Wildman–Crippen LogP) is 1.64. The van der Waals surface area contributed by atoms with E-state index in [1.54, 1.807) is 10.9 Å². The molecular formula is C11H19N3O. The van der Waals surface area contributed by atoms with Crippen LogP contribution in [0.5, 0.6) is 0 Å². The Bertz CT molecular complexity index is 332. The minimum Gasteiger partial charge on any atom is -0.349 e. The third-order valence-electron chi connectivity index (χ3n) is 2.64. The molecule has 15 heavy (non-hydrogen) atoms. The summed E-state index contributed by atoms with van der Waals surface area (Å²) in [5.41, 5.74) is 1.04. The number of aryl methyl sites for hydroxylation is 1. The molecule has 0 aliphatic heterocycles. The number of hydrogen-bond acceptors (Lipinski definition) is 2. The van der Waals surface area contributed by atoms with Crippen molar-refractivity contribution >= 4 is 5.91 Å². The minimum absolute atomic E-state index is 0.0280. The van der Waals surface area contributed by atoms with Crippen molar-refractivity contribution in [1.82, 2.24) is 15.1 Å². The molecule has 4 heteroatoms. The van der Waals surface area contributed by atoms with E-state index in [0.717, 1.165) is 12.0 Å². The molecule has 0 bridgehead atoms. The van der Waals surface area contributed by atoms with Crippen LogP contribution in [0.15, 0.2) is 12.4 Å². The van der Waals surface area contributed by atoms with Crippen LogP contribution in [0.1, 0.15) is 38.8 Å². The summed E-state index contributed by atoms with van der Waals surface area (Å²) in [4.78, 5) is 11.6. The van der Waals surface area contributed by atoms with Gasteiger partial charge < -0.3 is 5.32 Å². The van der Waals surface area contributed by atoms with E-state index in [1.165, 1.54) is 0 Å². The van der Waals surface area contributed by atoms with Crippen LogP contribution in [-0.2, 0) is 11.8 Å². The fourth-order valence-electron chi connectivity index (χ4n) is 1.29. The maximum atomic E-state index is 11.6. The van der Waals surface area contributed by atoms with Crippen molar-refractivity contribution in [2.75, 3.05) is 0 Å². The first kappa shape index (κ1) is 11.8. The molecule has 0 fully saturated rings. The van der Waals surface area contributed by atoms with Gasteiger partial charge in [-0.25, -0.2) is 0 Å². The number of aromatic nitrogens is 2. The van der Waals surface area contributed by atoms with E-state index in [0.29, 0.717) is 0 Å². The minimum atomic E-state index is 0.0280. The summed E-state index contributed by atoms with van der Waals surface area (Å²) in [6.45, 7) is 5.92. The molecule has 84 valence electrons. The third kappa shape index (κ3) is 3.08. The Kier molecular flexibility index (Phi) is 3.88.